The van der Waals surface area contributed by atoms with E-state index in [2.05, 4.69) is 5.32 Å². The Balaban J connectivity index is 2.19. The zero-order valence-corrected chi connectivity index (χ0v) is 11.1. The van der Waals surface area contributed by atoms with Gasteiger partial charge in [-0.3, -0.25) is 9.59 Å². The monoisotopic (exact) mass is 294 g/mol. The molecule has 20 heavy (non-hydrogen) atoms. The van der Waals surface area contributed by atoms with E-state index < -0.39 is 42.0 Å². The average Bonchev–Trinajstić information content (AvgIpc) is 2.94. The Morgan fingerprint density at radius 1 is 1.30 bits per heavy atom. The second kappa shape index (κ2) is 4.61. The Morgan fingerprint density at radius 2 is 1.95 bits per heavy atom. The highest BCUT2D eigenvalue weighted by atomic mass is 19.4. The van der Waals surface area contributed by atoms with Crippen molar-refractivity contribution in [3.05, 3.63) is 0 Å². The van der Waals surface area contributed by atoms with E-state index in [0.29, 0.717) is 13.0 Å². The molecule has 0 radical (unpaired) electrons. The first-order valence-electron chi connectivity index (χ1n) is 6.47. The van der Waals surface area contributed by atoms with Gasteiger partial charge in [0.15, 0.2) is 5.41 Å². The fourth-order valence-corrected chi connectivity index (χ4v) is 2.94. The Labute approximate surface area is 114 Å². The number of rotatable bonds is 2. The van der Waals surface area contributed by atoms with Crippen LogP contribution in [0.4, 0.5) is 13.2 Å². The molecule has 8 heteroatoms. The number of nitrogens with one attached hydrogen (secondary N) is 1. The lowest BCUT2D eigenvalue weighted by atomic mass is 9.86. The molecule has 114 valence electrons. The Morgan fingerprint density at radius 3 is 2.35 bits per heavy atom. The van der Waals surface area contributed by atoms with E-state index in [1.165, 1.54) is 0 Å². The van der Waals surface area contributed by atoms with Crippen LogP contribution in [0.15, 0.2) is 0 Å². The molecule has 0 bridgehead atoms. The Kier molecular flexibility index (Phi) is 3.48. The molecule has 2 aliphatic rings. The standard InChI is InChI=1S/C12H17F3N2O3/c1-10(3-2-5-16-10)8(18)17-6-4-11(7-17,9(19)20)12(13,14)15/h16H,2-7H2,1H3,(H,19,20). The minimum Gasteiger partial charge on any atom is -0.481 e. The zero-order valence-electron chi connectivity index (χ0n) is 11.1. The number of aliphatic carboxylic acids is 1. The SMILES string of the molecule is CC1(C(=O)N2CCC(C(=O)O)(C(F)(F)F)C2)CCCN1. The normalized spacial score (nSPS) is 34.5. The van der Waals surface area contributed by atoms with Crippen molar-refractivity contribution in [3.8, 4) is 0 Å². The summed E-state index contributed by atoms with van der Waals surface area (Å²) in [6.45, 7) is 1.31. The minimum absolute atomic E-state index is 0.179. The quantitative estimate of drug-likeness (QED) is 0.797. The molecule has 2 unspecified atom stereocenters. The summed E-state index contributed by atoms with van der Waals surface area (Å²) in [7, 11) is 0. The van der Waals surface area contributed by atoms with E-state index in [-0.39, 0.29) is 6.54 Å². The summed E-state index contributed by atoms with van der Waals surface area (Å²) in [6, 6.07) is 0. The van der Waals surface area contributed by atoms with E-state index in [9.17, 15) is 22.8 Å². The van der Waals surface area contributed by atoms with Crippen LogP contribution in [0.2, 0.25) is 0 Å². The van der Waals surface area contributed by atoms with Gasteiger partial charge in [0, 0.05) is 13.1 Å². The number of carbonyl (C=O) groups is 2. The van der Waals surface area contributed by atoms with E-state index in [4.69, 9.17) is 5.11 Å². The van der Waals surface area contributed by atoms with Gasteiger partial charge in [-0.2, -0.15) is 13.2 Å². The van der Waals surface area contributed by atoms with E-state index in [1.54, 1.807) is 6.92 Å². The number of nitrogens with zero attached hydrogens (tertiary/aromatic N) is 1. The van der Waals surface area contributed by atoms with Crippen molar-refractivity contribution >= 4 is 11.9 Å². The van der Waals surface area contributed by atoms with Crippen molar-refractivity contribution in [2.24, 2.45) is 5.41 Å². The maximum absolute atomic E-state index is 13.0. The molecule has 1 amide bonds. The third-order valence-corrected chi connectivity index (χ3v) is 4.35. The van der Waals surface area contributed by atoms with Crippen LogP contribution in [-0.2, 0) is 9.59 Å². The molecule has 2 aliphatic heterocycles. The largest absolute Gasteiger partial charge is 0.481 e. The predicted molar refractivity (Wildman–Crippen MR) is 63.0 cm³/mol. The number of halogens is 3. The molecule has 2 atom stereocenters. The first-order valence-corrected chi connectivity index (χ1v) is 6.47. The van der Waals surface area contributed by atoms with Crippen LogP contribution >= 0.6 is 0 Å². The van der Waals surface area contributed by atoms with Gasteiger partial charge < -0.3 is 15.3 Å². The molecule has 2 fully saturated rings. The zero-order chi connectivity index (χ0) is 15.2. The molecule has 0 aromatic carbocycles. The topological polar surface area (TPSA) is 69.6 Å². The fourth-order valence-electron chi connectivity index (χ4n) is 2.94. The number of carbonyl (C=O) groups excluding carboxylic acids is 1. The van der Waals surface area contributed by atoms with Crippen LogP contribution in [0.5, 0.6) is 0 Å². The molecule has 0 aromatic heterocycles. The number of likely N-dealkylation sites (tertiary alicyclic amines) is 1. The van der Waals surface area contributed by atoms with Gasteiger partial charge in [0.1, 0.15) is 0 Å². The minimum atomic E-state index is -4.86. The number of carboxylic acids is 1. The van der Waals surface area contributed by atoms with E-state index in [0.717, 1.165) is 11.3 Å². The highest BCUT2D eigenvalue weighted by molar-refractivity contribution is 5.88. The molecular weight excluding hydrogens is 277 g/mol. The summed E-state index contributed by atoms with van der Waals surface area (Å²) in [5.74, 6) is -2.35. The van der Waals surface area contributed by atoms with Crippen molar-refractivity contribution in [2.75, 3.05) is 19.6 Å². The Hall–Kier alpha value is -1.31. The fraction of sp³-hybridized carbons (Fsp3) is 0.833. The van der Waals surface area contributed by atoms with Gasteiger partial charge in [-0.05, 0) is 32.7 Å². The first-order chi connectivity index (χ1) is 9.12. The molecule has 0 aromatic rings. The number of hydrogen-bond acceptors (Lipinski definition) is 3. The molecular formula is C12H17F3N2O3. The van der Waals surface area contributed by atoms with Crippen LogP contribution in [0.1, 0.15) is 26.2 Å². The van der Waals surface area contributed by atoms with Gasteiger partial charge in [0.25, 0.3) is 0 Å². The Bertz CT molecular complexity index is 432. The molecule has 0 saturated carbocycles. The number of amides is 1. The predicted octanol–water partition coefficient (Wildman–Crippen LogP) is 0.994. The summed E-state index contributed by atoms with van der Waals surface area (Å²) in [6.07, 6.45) is -4.13. The molecule has 2 saturated heterocycles. The summed E-state index contributed by atoms with van der Waals surface area (Å²) in [4.78, 5) is 24.4. The lowest BCUT2D eigenvalue weighted by Gasteiger charge is -2.31. The number of alkyl halides is 3. The van der Waals surface area contributed by atoms with E-state index >= 15 is 0 Å². The molecule has 2 heterocycles. The molecule has 5 nitrogen and oxygen atoms in total. The van der Waals surface area contributed by atoms with Crippen LogP contribution < -0.4 is 5.32 Å². The van der Waals surface area contributed by atoms with Gasteiger partial charge in [-0.1, -0.05) is 0 Å². The van der Waals surface area contributed by atoms with Gasteiger partial charge in [0.05, 0.1) is 5.54 Å². The van der Waals surface area contributed by atoms with Crippen LogP contribution in [0, 0.1) is 5.41 Å². The summed E-state index contributed by atoms with van der Waals surface area (Å²) >= 11 is 0. The van der Waals surface area contributed by atoms with Crippen LogP contribution in [-0.4, -0.2) is 53.2 Å². The summed E-state index contributed by atoms with van der Waals surface area (Å²) in [5.41, 5.74) is -3.71. The van der Waals surface area contributed by atoms with Crippen molar-refractivity contribution in [1.29, 1.82) is 0 Å². The maximum Gasteiger partial charge on any atom is 0.406 e. The maximum atomic E-state index is 13.0. The van der Waals surface area contributed by atoms with Gasteiger partial charge in [0.2, 0.25) is 5.91 Å². The van der Waals surface area contributed by atoms with Crippen molar-refractivity contribution in [1.82, 2.24) is 10.2 Å². The van der Waals surface area contributed by atoms with Crippen molar-refractivity contribution in [2.45, 2.75) is 37.9 Å². The van der Waals surface area contributed by atoms with Gasteiger partial charge >= 0.3 is 12.1 Å². The molecule has 0 aliphatic carbocycles. The number of hydrogen-bond donors (Lipinski definition) is 2. The summed E-state index contributed by atoms with van der Waals surface area (Å²) in [5, 5.41) is 11.9. The lowest BCUT2D eigenvalue weighted by molar-refractivity contribution is -0.227. The van der Waals surface area contributed by atoms with Crippen LogP contribution in [0.25, 0.3) is 0 Å². The second-order valence-electron chi connectivity index (χ2n) is 5.72. The second-order valence-corrected chi connectivity index (χ2v) is 5.72. The smallest absolute Gasteiger partial charge is 0.406 e. The third kappa shape index (κ3) is 2.15. The highest BCUT2D eigenvalue weighted by Crippen LogP contribution is 2.46. The van der Waals surface area contributed by atoms with E-state index in [1.807, 2.05) is 0 Å². The van der Waals surface area contributed by atoms with Crippen molar-refractivity contribution in [3.63, 3.8) is 0 Å². The van der Waals surface area contributed by atoms with Gasteiger partial charge in [-0.15, -0.1) is 0 Å². The van der Waals surface area contributed by atoms with Gasteiger partial charge in [-0.25, -0.2) is 0 Å². The number of carboxylic acid groups (broad SMARTS) is 1. The molecule has 0 spiro atoms. The third-order valence-electron chi connectivity index (χ3n) is 4.35. The lowest BCUT2D eigenvalue weighted by Crippen LogP contribution is -2.54. The summed E-state index contributed by atoms with van der Waals surface area (Å²) < 4.78 is 39.1. The molecule has 2 rings (SSSR count). The molecule has 2 N–H and O–H groups in total. The first kappa shape index (κ1) is 15.1. The van der Waals surface area contributed by atoms with Crippen molar-refractivity contribution < 1.29 is 27.9 Å². The van der Waals surface area contributed by atoms with Crippen LogP contribution in [0.3, 0.4) is 0 Å². The highest BCUT2D eigenvalue weighted by Gasteiger charge is 2.64. The average molecular weight is 294 g/mol.